The first kappa shape index (κ1) is 13.1. The third-order valence-electron chi connectivity index (χ3n) is 2.71. The first-order valence-corrected chi connectivity index (χ1v) is 6.21. The Morgan fingerprint density at radius 3 is 2.32 bits per heavy atom. The number of nitrogens with zero attached hydrogens (tertiary/aromatic N) is 2. The minimum absolute atomic E-state index is 0.607. The van der Waals surface area contributed by atoms with E-state index < -0.39 is 0 Å². The lowest BCUT2D eigenvalue weighted by molar-refractivity contribution is 1.27. The minimum Gasteiger partial charge on any atom is -0.332 e. The van der Waals surface area contributed by atoms with Gasteiger partial charge >= 0.3 is 0 Å². The van der Waals surface area contributed by atoms with Crippen molar-refractivity contribution in [2.75, 3.05) is 17.3 Å². The van der Waals surface area contributed by atoms with Crippen LogP contribution in [0.25, 0.3) is 0 Å². The molecule has 0 aliphatic heterocycles. The largest absolute Gasteiger partial charge is 0.332 e. The summed E-state index contributed by atoms with van der Waals surface area (Å²) in [6, 6.07) is 19.2. The maximum atomic E-state index is 8.77. The van der Waals surface area contributed by atoms with E-state index in [-0.39, 0.29) is 0 Å². The summed E-state index contributed by atoms with van der Waals surface area (Å²) in [5.41, 5.74) is 2.53. The number of benzene rings is 2. The molecule has 2 rings (SSSR count). The molecule has 2 aromatic rings. The number of rotatable bonds is 2. The summed E-state index contributed by atoms with van der Waals surface area (Å²) in [6.07, 6.45) is 0. The normalized spacial score (nSPS) is 9.47. The number of hydrogen-bond acceptors (Lipinski definition) is 2. The monoisotopic (exact) mass is 267 g/mol. The predicted molar refractivity (Wildman–Crippen MR) is 82.2 cm³/mol. The van der Waals surface area contributed by atoms with E-state index in [9.17, 15) is 0 Å². The second-order valence-corrected chi connectivity index (χ2v) is 4.40. The van der Waals surface area contributed by atoms with E-state index in [4.69, 9.17) is 17.5 Å². The summed E-state index contributed by atoms with van der Waals surface area (Å²) < 4.78 is 0. The van der Waals surface area contributed by atoms with Crippen molar-refractivity contribution in [3.05, 3.63) is 60.2 Å². The van der Waals surface area contributed by atoms with Crippen molar-refractivity contribution in [2.45, 2.75) is 0 Å². The van der Waals surface area contributed by atoms with Gasteiger partial charge in [-0.05, 0) is 48.6 Å². The number of nitrogens with one attached hydrogen (secondary N) is 1. The van der Waals surface area contributed by atoms with Crippen molar-refractivity contribution >= 4 is 28.7 Å². The quantitative estimate of drug-likeness (QED) is 0.847. The molecule has 0 saturated heterocycles. The Balaban J connectivity index is 2.08. The molecule has 0 spiro atoms. The number of hydrogen-bond donors (Lipinski definition) is 1. The average molecular weight is 267 g/mol. The fourth-order valence-corrected chi connectivity index (χ4v) is 1.83. The average Bonchev–Trinajstić information content (AvgIpc) is 2.47. The number of anilines is 2. The molecule has 0 aliphatic carbocycles. The molecular formula is C15H13N3S. The van der Waals surface area contributed by atoms with Gasteiger partial charge in [-0.2, -0.15) is 5.26 Å². The number of nitriles is 1. The zero-order valence-electron chi connectivity index (χ0n) is 10.5. The molecule has 1 N–H and O–H groups in total. The van der Waals surface area contributed by atoms with Crippen molar-refractivity contribution in [3.63, 3.8) is 0 Å². The zero-order valence-corrected chi connectivity index (χ0v) is 11.3. The van der Waals surface area contributed by atoms with Crippen LogP contribution < -0.4 is 10.2 Å². The van der Waals surface area contributed by atoms with Gasteiger partial charge in [-0.1, -0.05) is 18.2 Å². The van der Waals surface area contributed by atoms with Crippen molar-refractivity contribution in [1.29, 1.82) is 5.26 Å². The molecule has 2 aromatic carbocycles. The molecule has 0 heterocycles. The summed E-state index contributed by atoms with van der Waals surface area (Å²) in [6.45, 7) is 0. The highest BCUT2D eigenvalue weighted by atomic mass is 32.1. The molecule has 0 unspecified atom stereocenters. The highest BCUT2D eigenvalue weighted by Gasteiger charge is 2.06. The Hall–Kier alpha value is -2.38. The molecule has 4 heteroatoms. The topological polar surface area (TPSA) is 39.1 Å². The first-order valence-electron chi connectivity index (χ1n) is 5.80. The van der Waals surface area contributed by atoms with Gasteiger partial charge in [0.25, 0.3) is 0 Å². The van der Waals surface area contributed by atoms with Crippen LogP contribution in [-0.4, -0.2) is 12.2 Å². The van der Waals surface area contributed by atoms with Gasteiger partial charge in [0.2, 0.25) is 0 Å². The Morgan fingerprint density at radius 2 is 1.74 bits per heavy atom. The third-order valence-corrected chi connectivity index (χ3v) is 3.09. The van der Waals surface area contributed by atoms with Crippen LogP contribution in [0.15, 0.2) is 54.6 Å². The Bertz CT molecular complexity index is 600. The number of thiocarbonyl (C=S) groups is 1. The number of para-hydroxylation sites is 1. The van der Waals surface area contributed by atoms with Gasteiger partial charge in [-0.3, -0.25) is 0 Å². The van der Waals surface area contributed by atoms with Crippen LogP contribution in [0.2, 0.25) is 0 Å². The fourth-order valence-electron chi connectivity index (χ4n) is 1.61. The molecule has 0 radical (unpaired) electrons. The van der Waals surface area contributed by atoms with Gasteiger partial charge in [-0.15, -0.1) is 0 Å². The fraction of sp³-hybridized carbons (Fsp3) is 0.0667. The van der Waals surface area contributed by atoms with E-state index in [2.05, 4.69) is 11.4 Å². The molecule has 0 aromatic heterocycles. The Kier molecular flexibility index (Phi) is 4.11. The maximum Gasteiger partial charge on any atom is 0.177 e. The molecule has 0 amide bonds. The molecule has 94 valence electrons. The molecule has 0 fully saturated rings. The SMILES string of the molecule is CN(C(=S)Nc1ccccc1)c1ccc(C#N)cc1. The third kappa shape index (κ3) is 3.30. The zero-order chi connectivity index (χ0) is 13.7. The minimum atomic E-state index is 0.607. The lowest BCUT2D eigenvalue weighted by Gasteiger charge is -2.21. The second kappa shape index (κ2) is 5.98. The van der Waals surface area contributed by atoms with Gasteiger partial charge in [0.05, 0.1) is 11.6 Å². The molecule has 3 nitrogen and oxygen atoms in total. The van der Waals surface area contributed by atoms with E-state index in [1.165, 1.54) is 0 Å². The van der Waals surface area contributed by atoms with Crippen molar-refractivity contribution in [1.82, 2.24) is 0 Å². The van der Waals surface area contributed by atoms with E-state index >= 15 is 0 Å². The standard InChI is InChI=1S/C15H13N3S/c1-18(14-9-7-12(11-16)8-10-14)15(19)17-13-5-3-2-4-6-13/h2-10H,1H3,(H,17,19). The first-order chi connectivity index (χ1) is 9.20. The summed E-state index contributed by atoms with van der Waals surface area (Å²) in [4.78, 5) is 1.86. The van der Waals surface area contributed by atoms with Crippen molar-refractivity contribution in [2.24, 2.45) is 0 Å². The van der Waals surface area contributed by atoms with Crippen molar-refractivity contribution < 1.29 is 0 Å². The van der Waals surface area contributed by atoms with E-state index in [0.29, 0.717) is 10.7 Å². The van der Waals surface area contributed by atoms with Gasteiger partial charge in [-0.25, -0.2) is 0 Å². The van der Waals surface area contributed by atoms with E-state index in [1.54, 1.807) is 12.1 Å². The molecule has 0 saturated carbocycles. The lowest BCUT2D eigenvalue weighted by atomic mass is 10.2. The Labute approximate surface area is 118 Å². The van der Waals surface area contributed by atoms with Gasteiger partial charge in [0.15, 0.2) is 5.11 Å². The molecule has 0 aliphatic rings. The Morgan fingerprint density at radius 1 is 1.11 bits per heavy atom. The van der Waals surface area contributed by atoms with Gasteiger partial charge in [0.1, 0.15) is 0 Å². The molecular weight excluding hydrogens is 254 g/mol. The van der Waals surface area contributed by atoms with Gasteiger partial charge in [0, 0.05) is 18.4 Å². The summed E-state index contributed by atoms with van der Waals surface area (Å²) in [5.74, 6) is 0. The predicted octanol–water partition coefficient (Wildman–Crippen LogP) is 3.39. The van der Waals surface area contributed by atoms with E-state index in [0.717, 1.165) is 11.4 Å². The van der Waals surface area contributed by atoms with Gasteiger partial charge < -0.3 is 10.2 Å². The van der Waals surface area contributed by atoms with Crippen LogP contribution >= 0.6 is 12.2 Å². The van der Waals surface area contributed by atoms with E-state index in [1.807, 2.05) is 54.4 Å². The summed E-state index contributed by atoms with van der Waals surface area (Å²) in [7, 11) is 1.89. The highest BCUT2D eigenvalue weighted by molar-refractivity contribution is 7.80. The second-order valence-electron chi connectivity index (χ2n) is 4.01. The highest BCUT2D eigenvalue weighted by Crippen LogP contribution is 2.15. The van der Waals surface area contributed by atoms with Crippen LogP contribution in [0.1, 0.15) is 5.56 Å². The van der Waals surface area contributed by atoms with Crippen LogP contribution in [0, 0.1) is 11.3 Å². The molecule has 0 atom stereocenters. The molecule has 19 heavy (non-hydrogen) atoms. The van der Waals surface area contributed by atoms with Crippen LogP contribution in [0.5, 0.6) is 0 Å². The molecule has 0 bridgehead atoms. The lowest BCUT2D eigenvalue weighted by Crippen LogP contribution is -2.30. The maximum absolute atomic E-state index is 8.77. The summed E-state index contributed by atoms with van der Waals surface area (Å²) in [5, 5.41) is 12.5. The van der Waals surface area contributed by atoms with Crippen LogP contribution in [-0.2, 0) is 0 Å². The van der Waals surface area contributed by atoms with Crippen LogP contribution in [0.3, 0.4) is 0 Å². The van der Waals surface area contributed by atoms with Crippen molar-refractivity contribution in [3.8, 4) is 6.07 Å². The van der Waals surface area contributed by atoms with Crippen LogP contribution in [0.4, 0.5) is 11.4 Å². The smallest absolute Gasteiger partial charge is 0.177 e. The summed E-state index contributed by atoms with van der Waals surface area (Å²) >= 11 is 5.35.